The Morgan fingerprint density at radius 2 is 2.46 bits per heavy atom. The molecule has 0 bridgehead atoms. The van der Waals surface area contributed by atoms with Gasteiger partial charge in [0, 0.05) is 0 Å². The van der Waals surface area contributed by atoms with Crippen LogP contribution in [0.15, 0.2) is 12.2 Å². The predicted octanol–water partition coefficient (Wildman–Crippen LogP) is 0.0836. The maximum absolute atomic E-state index is 10.9. The van der Waals surface area contributed by atoms with Crippen LogP contribution in [0, 0.1) is 5.92 Å². The molecule has 0 aliphatic heterocycles. The average Bonchev–Trinajstić information content (AvgIpc) is 2.19. The van der Waals surface area contributed by atoms with Crippen LogP contribution in [0.2, 0.25) is 0 Å². The fourth-order valence-corrected chi connectivity index (χ4v) is 1.58. The van der Waals surface area contributed by atoms with Crippen molar-refractivity contribution in [3.8, 4) is 0 Å². The summed E-state index contributed by atoms with van der Waals surface area (Å²) in [6, 6.07) is 0. The molecule has 0 aromatic rings. The van der Waals surface area contributed by atoms with Crippen molar-refractivity contribution in [1.29, 1.82) is 0 Å². The zero-order valence-electron chi connectivity index (χ0n) is 7.57. The number of hydrazine groups is 1. The molecule has 0 heterocycles. The lowest BCUT2D eigenvalue weighted by molar-refractivity contribution is -0.123. The normalized spacial score (nSPS) is 24.0. The maximum atomic E-state index is 10.9. The van der Waals surface area contributed by atoms with E-state index in [9.17, 15) is 9.90 Å². The van der Waals surface area contributed by atoms with Crippen molar-refractivity contribution in [2.75, 3.05) is 0 Å². The lowest BCUT2D eigenvalue weighted by Crippen LogP contribution is -2.35. The number of aliphatic hydroxyl groups excluding tert-OH is 1. The first-order valence-corrected chi connectivity index (χ1v) is 4.56. The molecule has 1 amide bonds. The molecule has 4 N–H and O–H groups in total. The third-order valence-corrected chi connectivity index (χ3v) is 2.41. The molecule has 2 unspecified atom stereocenters. The summed E-state index contributed by atoms with van der Waals surface area (Å²) in [6.45, 7) is 0. The summed E-state index contributed by atoms with van der Waals surface area (Å²) >= 11 is 0. The van der Waals surface area contributed by atoms with Gasteiger partial charge in [-0.15, -0.1) is 0 Å². The van der Waals surface area contributed by atoms with Crippen molar-refractivity contribution >= 4 is 5.91 Å². The summed E-state index contributed by atoms with van der Waals surface area (Å²) in [6.07, 6.45) is 6.51. The molecule has 13 heavy (non-hydrogen) atoms. The van der Waals surface area contributed by atoms with Crippen LogP contribution in [0.1, 0.15) is 25.7 Å². The minimum absolute atomic E-state index is 0.106. The molecular weight excluding hydrogens is 168 g/mol. The first-order chi connectivity index (χ1) is 6.24. The second kappa shape index (κ2) is 4.99. The van der Waals surface area contributed by atoms with Gasteiger partial charge in [0.05, 0.1) is 12.5 Å². The molecule has 1 aliphatic carbocycles. The Kier molecular flexibility index (Phi) is 3.92. The molecule has 0 radical (unpaired) electrons. The van der Waals surface area contributed by atoms with Gasteiger partial charge in [0.2, 0.25) is 5.91 Å². The molecule has 0 aromatic heterocycles. The van der Waals surface area contributed by atoms with Gasteiger partial charge in [-0.25, -0.2) is 5.84 Å². The molecule has 4 nitrogen and oxygen atoms in total. The smallest absolute Gasteiger partial charge is 0.236 e. The third-order valence-electron chi connectivity index (χ3n) is 2.41. The van der Waals surface area contributed by atoms with Crippen LogP contribution >= 0.6 is 0 Å². The number of rotatable bonds is 3. The fraction of sp³-hybridized carbons (Fsp3) is 0.667. The van der Waals surface area contributed by atoms with Gasteiger partial charge in [0.25, 0.3) is 0 Å². The Morgan fingerprint density at radius 1 is 1.69 bits per heavy atom. The highest BCUT2D eigenvalue weighted by molar-refractivity contribution is 5.75. The van der Waals surface area contributed by atoms with E-state index in [4.69, 9.17) is 5.84 Å². The topological polar surface area (TPSA) is 75.3 Å². The number of hydrogen-bond acceptors (Lipinski definition) is 3. The molecule has 0 spiro atoms. The number of amides is 1. The summed E-state index contributed by atoms with van der Waals surface area (Å²) in [4.78, 5) is 10.9. The lowest BCUT2D eigenvalue weighted by atomic mass is 9.88. The van der Waals surface area contributed by atoms with Gasteiger partial charge in [0.15, 0.2) is 0 Å². The third kappa shape index (κ3) is 3.16. The van der Waals surface area contributed by atoms with E-state index in [2.05, 4.69) is 12.2 Å². The van der Waals surface area contributed by atoms with Crippen LogP contribution in [0.5, 0.6) is 0 Å². The predicted molar refractivity (Wildman–Crippen MR) is 49.4 cm³/mol. The van der Waals surface area contributed by atoms with Gasteiger partial charge < -0.3 is 5.11 Å². The first-order valence-electron chi connectivity index (χ1n) is 4.56. The zero-order chi connectivity index (χ0) is 9.68. The maximum Gasteiger partial charge on any atom is 0.236 e. The average molecular weight is 184 g/mol. The second-order valence-electron chi connectivity index (χ2n) is 3.38. The van der Waals surface area contributed by atoms with Crippen LogP contribution in [-0.2, 0) is 4.79 Å². The Labute approximate surface area is 77.8 Å². The van der Waals surface area contributed by atoms with E-state index in [1.807, 2.05) is 5.43 Å². The van der Waals surface area contributed by atoms with Gasteiger partial charge in [-0.2, -0.15) is 0 Å². The van der Waals surface area contributed by atoms with E-state index >= 15 is 0 Å². The zero-order valence-corrected chi connectivity index (χ0v) is 7.57. The number of carbonyl (C=O) groups excluding carboxylic acids is 1. The van der Waals surface area contributed by atoms with Crippen molar-refractivity contribution in [3.63, 3.8) is 0 Å². The Hall–Kier alpha value is -0.870. The number of carbonyl (C=O) groups is 1. The van der Waals surface area contributed by atoms with Gasteiger partial charge in [-0.3, -0.25) is 10.2 Å². The number of allylic oxidation sites excluding steroid dienone is 2. The minimum Gasteiger partial charge on any atom is -0.392 e. The minimum atomic E-state index is -0.562. The van der Waals surface area contributed by atoms with Gasteiger partial charge in [-0.05, 0) is 25.2 Å². The molecule has 2 atom stereocenters. The van der Waals surface area contributed by atoms with E-state index in [-0.39, 0.29) is 18.2 Å². The quantitative estimate of drug-likeness (QED) is 0.252. The summed E-state index contributed by atoms with van der Waals surface area (Å²) in [7, 11) is 0. The molecule has 1 rings (SSSR count). The molecule has 0 aromatic carbocycles. The summed E-state index contributed by atoms with van der Waals surface area (Å²) in [5.41, 5.74) is 2.02. The first kappa shape index (κ1) is 10.2. The van der Waals surface area contributed by atoms with E-state index in [0.29, 0.717) is 0 Å². The van der Waals surface area contributed by atoms with Crippen molar-refractivity contribution in [2.24, 2.45) is 11.8 Å². The molecule has 1 aliphatic rings. The van der Waals surface area contributed by atoms with Gasteiger partial charge >= 0.3 is 0 Å². The highest BCUT2D eigenvalue weighted by atomic mass is 16.3. The van der Waals surface area contributed by atoms with E-state index in [1.54, 1.807) is 0 Å². The largest absolute Gasteiger partial charge is 0.392 e. The van der Waals surface area contributed by atoms with Gasteiger partial charge in [0.1, 0.15) is 0 Å². The summed E-state index contributed by atoms with van der Waals surface area (Å²) in [5.74, 6) is 4.83. The van der Waals surface area contributed by atoms with Crippen LogP contribution in [0.25, 0.3) is 0 Å². The molecular formula is C9H16N2O2. The number of nitrogens with two attached hydrogens (primary N) is 1. The molecule has 74 valence electrons. The van der Waals surface area contributed by atoms with Crippen molar-refractivity contribution in [1.82, 2.24) is 5.43 Å². The molecule has 0 saturated carbocycles. The lowest BCUT2D eigenvalue weighted by Gasteiger charge is -2.22. The van der Waals surface area contributed by atoms with E-state index in [0.717, 1.165) is 19.3 Å². The van der Waals surface area contributed by atoms with E-state index in [1.165, 1.54) is 0 Å². The standard InChI is InChI=1S/C9H16N2O2/c10-11-9(13)6-8(12)7-4-2-1-3-5-7/h1-2,7-8,12H,3-6,10H2,(H,11,13). The Bertz CT molecular complexity index is 204. The Balaban J connectivity index is 2.33. The monoisotopic (exact) mass is 184 g/mol. The Morgan fingerprint density at radius 3 is 3.00 bits per heavy atom. The van der Waals surface area contributed by atoms with Crippen molar-refractivity contribution in [2.45, 2.75) is 31.8 Å². The van der Waals surface area contributed by atoms with Gasteiger partial charge in [-0.1, -0.05) is 12.2 Å². The van der Waals surface area contributed by atoms with Crippen molar-refractivity contribution < 1.29 is 9.90 Å². The summed E-state index contributed by atoms with van der Waals surface area (Å²) < 4.78 is 0. The number of aliphatic hydroxyl groups is 1. The second-order valence-corrected chi connectivity index (χ2v) is 3.38. The van der Waals surface area contributed by atoms with Crippen molar-refractivity contribution in [3.05, 3.63) is 12.2 Å². The van der Waals surface area contributed by atoms with E-state index < -0.39 is 6.10 Å². The number of nitrogens with one attached hydrogen (secondary N) is 1. The highest BCUT2D eigenvalue weighted by Crippen LogP contribution is 2.23. The van der Waals surface area contributed by atoms with Crippen LogP contribution in [0.3, 0.4) is 0 Å². The fourth-order valence-electron chi connectivity index (χ4n) is 1.58. The van der Waals surface area contributed by atoms with Crippen LogP contribution < -0.4 is 11.3 Å². The van der Waals surface area contributed by atoms with Crippen LogP contribution in [0.4, 0.5) is 0 Å². The number of hydrogen-bond donors (Lipinski definition) is 3. The summed E-state index contributed by atoms with van der Waals surface area (Å²) in [5, 5.41) is 9.63. The SMILES string of the molecule is NNC(=O)CC(O)C1CC=CCC1. The molecule has 4 heteroatoms. The molecule has 0 fully saturated rings. The molecule has 0 saturated heterocycles. The highest BCUT2D eigenvalue weighted by Gasteiger charge is 2.21. The van der Waals surface area contributed by atoms with Crippen LogP contribution in [-0.4, -0.2) is 17.1 Å².